The van der Waals surface area contributed by atoms with Crippen LogP contribution < -0.4 is 10.1 Å². The molecular formula is C14H14BrN3OS. The van der Waals surface area contributed by atoms with Gasteiger partial charge >= 0.3 is 0 Å². The fourth-order valence-corrected chi connectivity index (χ4v) is 3.05. The number of thiazole rings is 1. The largest absolute Gasteiger partial charge is 0.480 e. The zero-order chi connectivity index (χ0) is 14.1. The number of hydrogen-bond donors (Lipinski definition) is 1. The molecule has 1 N–H and O–H groups in total. The summed E-state index contributed by atoms with van der Waals surface area (Å²) in [5.74, 6) is 0.679. The van der Waals surface area contributed by atoms with E-state index in [9.17, 15) is 0 Å². The predicted octanol–water partition coefficient (Wildman–Crippen LogP) is 4.09. The number of imidazole rings is 1. The number of anilines is 1. The van der Waals surface area contributed by atoms with E-state index in [-0.39, 0.29) is 0 Å². The second kappa shape index (κ2) is 5.46. The maximum absolute atomic E-state index is 5.35. The molecule has 0 bridgehead atoms. The Kier molecular flexibility index (Phi) is 3.67. The van der Waals surface area contributed by atoms with Gasteiger partial charge in [0, 0.05) is 21.7 Å². The third kappa shape index (κ3) is 2.41. The monoisotopic (exact) mass is 351 g/mol. The summed E-state index contributed by atoms with van der Waals surface area (Å²) in [6.07, 6.45) is 2.01. The van der Waals surface area contributed by atoms with Gasteiger partial charge in [0.05, 0.1) is 13.7 Å². The van der Waals surface area contributed by atoms with E-state index in [1.54, 1.807) is 18.4 Å². The van der Waals surface area contributed by atoms with E-state index in [2.05, 4.69) is 49.7 Å². The molecule has 6 heteroatoms. The Morgan fingerprint density at radius 1 is 1.45 bits per heavy atom. The van der Waals surface area contributed by atoms with Gasteiger partial charge in [0.1, 0.15) is 5.69 Å². The number of ether oxygens (including phenoxy) is 1. The molecule has 4 nitrogen and oxygen atoms in total. The van der Waals surface area contributed by atoms with E-state index in [4.69, 9.17) is 4.74 Å². The number of rotatable bonds is 4. The Labute approximate surface area is 129 Å². The maximum Gasteiger partial charge on any atom is 0.238 e. The standard InChI is InChI=1S/C14H14BrN3OS/c1-9-7-10(3-4-11(9)15)16-8-12-13(19-2)17-14-18(12)5-6-20-14/h3-7,16H,8H2,1-2H3. The molecule has 0 aliphatic heterocycles. The van der Waals surface area contributed by atoms with E-state index < -0.39 is 0 Å². The molecule has 0 saturated carbocycles. The quantitative estimate of drug-likeness (QED) is 0.769. The van der Waals surface area contributed by atoms with E-state index in [1.807, 2.05) is 17.6 Å². The minimum absolute atomic E-state index is 0.669. The minimum Gasteiger partial charge on any atom is -0.480 e. The van der Waals surface area contributed by atoms with Gasteiger partial charge in [0.2, 0.25) is 5.88 Å². The van der Waals surface area contributed by atoms with Crippen LogP contribution in [0.4, 0.5) is 5.69 Å². The molecule has 0 spiro atoms. The van der Waals surface area contributed by atoms with Crippen LogP contribution in [0.25, 0.3) is 4.96 Å². The lowest BCUT2D eigenvalue weighted by Gasteiger charge is -2.08. The molecule has 3 aromatic rings. The molecule has 0 unspecified atom stereocenters. The second-order valence-corrected chi connectivity index (χ2v) is 6.17. The summed E-state index contributed by atoms with van der Waals surface area (Å²) in [6.45, 7) is 2.74. The Morgan fingerprint density at radius 2 is 2.30 bits per heavy atom. The number of nitrogens with zero attached hydrogens (tertiary/aromatic N) is 2. The molecular weight excluding hydrogens is 338 g/mol. The molecule has 2 heterocycles. The number of fused-ring (bicyclic) bond motifs is 1. The van der Waals surface area contributed by atoms with Gasteiger partial charge in [0.25, 0.3) is 0 Å². The third-order valence-electron chi connectivity index (χ3n) is 3.14. The highest BCUT2D eigenvalue weighted by Crippen LogP contribution is 2.25. The van der Waals surface area contributed by atoms with Gasteiger partial charge in [-0.05, 0) is 30.7 Å². The van der Waals surface area contributed by atoms with Crippen molar-refractivity contribution in [2.45, 2.75) is 13.5 Å². The number of nitrogens with one attached hydrogen (secondary N) is 1. The Morgan fingerprint density at radius 3 is 3.05 bits per heavy atom. The third-order valence-corrected chi connectivity index (χ3v) is 4.78. The fraction of sp³-hybridized carbons (Fsp3) is 0.214. The molecule has 0 fully saturated rings. The number of methoxy groups -OCH3 is 1. The van der Waals surface area contributed by atoms with Gasteiger partial charge < -0.3 is 10.1 Å². The lowest BCUT2D eigenvalue weighted by Crippen LogP contribution is -2.04. The van der Waals surface area contributed by atoms with Gasteiger partial charge in [-0.2, -0.15) is 4.98 Å². The second-order valence-electron chi connectivity index (χ2n) is 4.44. The summed E-state index contributed by atoms with van der Waals surface area (Å²) >= 11 is 5.11. The SMILES string of the molecule is COc1nc2sccn2c1CNc1ccc(Br)c(C)c1. The first kappa shape index (κ1) is 13.5. The van der Waals surface area contributed by atoms with Crippen LogP contribution >= 0.6 is 27.3 Å². The van der Waals surface area contributed by atoms with Gasteiger partial charge in [-0.1, -0.05) is 15.9 Å². The summed E-state index contributed by atoms with van der Waals surface area (Å²) in [4.78, 5) is 5.40. The van der Waals surface area contributed by atoms with Crippen molar-refractivity contribution in [3.8, 4) is 5.88 Å². The van der Waals surface area contributed by atoms with Crippen LogP contribution in [0.15, 0.2) is 34.2 Å². The number of hydrogen-bond acceptors (Lipinski definition) is 4. The highest BCUT2D eigenvalue weighted by Gasteiger charge is 2.13. The van der Waals surface area contributed by atoms with Crippen LogP contribution in [0.1, 0.15) is 11.3 Å². The van der Waals surface area contributed by atoms with Crippen LogP contribution in [0.5, 0.6) is 5.88 Å². The molecule has 20 heavy (non-hydrogen) atoms. The van der Waals surface area contributed by atoms with Crippen LogP contribution in [0.2, 0.25) is 0 Å². The molecule has 0 amide bonds. The van der Waals surface area contributed by atoms with Crippen molar-refractivity contribution in [2.75, 3.05) is 12.4 Å². The topological polar surface area (TPSA) is 38.6 Å². The van der Waals surface area contributed by atoms with Gasteiger partial charge in [-0.3, -0.25) is 4.40 Å². The van der Waals surface area contributed by atoms with E-state index >= 15 is 0 Å². The Balaban J connectivity index is 1.85. The minimum atomic E-state index is 0.669. The highest BCUT2D eigenvalue weighted by molar-refractivity contribution is 9.10. The molecule has 0 atom stereocenters. The summed E-state index contributed by atoms with van der Waals surface area (Å²) in [5, 5.41) is 5.44. The molecule has 1 aromatic carbocycles. The lowest BCUT2D eigenvalue weighted by molar-refractivity contribution is 0.395. The zero-order valence-electron chi connectivity index (χ0n) is 11.2. The van der Waals surface area contributed by atoms with Crippen molar-refractivity contribution in [1.82, 2.24) is 9.38 Å². The van der Waals surface area contributed by atoms with Crippen molar-refractivity contribution in [3.05, 3.63) is 45.5 Å². The fourth-order valence-electron chi connectivity index (χ4n) is 2.08. The summed E-state index contributed by atoms with van der Waals surface area (Å²) in [5.41, 5.74) is 3.32. The van der Waals surface area contributed by atoms with Crippen molar-refractivity contribution >= 4 is 37.9 Å². The summed E-state index contributed by atoms with van der Waals surface area (Å²) in [7, 11) is 1.65. The molecule has 0 aliphatic rings. The molecule has 3 rings (SSSR count). The average molecular weight is 352 g/mol. The predicted molar refractivity (Wildman–Crippen MR) is 85.8 cm³/mol. The smallest absolute Gasteiger partial charge is 0.238 e. The molecule has 0 radical (unpaired) electrons. The zero-order valence-corrected chi connectivity index (χ0v) is 13.6. The van der Waals surface area contributed by atoms with Crippen molar-refractivity contribution in [3.63, 3.8) is 0 Å². The lowest BCUT2D eigenvalue weighted by atomic mass is 10.2. The van der Waals surface area contributed by atoms with Gasteiger partial charge in [-0.15, -0.1) is 11.3 Å². The number of benzene rings is 1. The first-order valence-electron chi connectivity index (χ1n) is 6.17. The van der Waals surface area contributed by atoms with Crippen molar-refractivity contribution in [2.24, 2.45) is 0 Å². The van der Waals surface area contributed by atoms with E-state index in [0.29, 0.717) is 12.4 Å². The van der Waals surface area contributed by atoms with Crippen LogP contribution in [-0.4, -0.2) is 16.5 Å². The molecule has 104 valence electrons. The van der Waals surface area contributed by atoms with Crippen LogP contribution in [0, 0.1) is 6.92 Å². The number of aryl methyl sites for hydroxylation is 1. The summed E-state index contributed by atoms with van der Waals surface area (Å²) < 4.78 is 8.52. The molecule has 0 saturated heterocycles. The average Bonchev–Trinajstić information content (AvgIpc) is 3.00. The molecule has 0 aliphatic carbocycles. The molecule has 2 aromatic heterocycles. The Hall–Kier alpha value is -1.53. The first-order valence-corrected chi connectivity index (χ1v) is 7.84. The van der Waals surface area contributed by atoms with Crippen LogP contribution in [-0.2, 0) is 6.54 Å². The van der Waals surface area contributed by atoms with Gasteiger partial charge in [-0.25, -0.2) is 0 Å². The first-order chi connectivity index (χ1) is 9.69. The highest BCUT2D eigenvalue weighted by atomic mass is 79.9. The van der Waals surface area contributed by atoms with Crippen molar-refractivity contribution in [1.29, 1.82) is 0 Å². The Bertz CT molecular complexity index is 750. The van der Waals surface area contributed by atoms with E-state index in [0.717, 1.165) is 20.8 Å². The summed E-state index contributed by atoms with van der Waals surface area (Å²) in [6, 6.07) is 6.21. The van der Waals surface area contributed by atoms with E-state index in [1.165, 1.54) is 5.56 Å². The van der Waals surface area contributed by atoms with Crippen molar-refractivity contribution < 1.29 is 4.74 Å². The normalized spacial score (nSPS) is 10.9. The maximum atomic E-state index is 5.35. The van der Waals surface area contributed by atoms with Crippen LogP contribution in [0.3, 0.4) is 0 Å². The van der Waals surface area contributed by atoms with Gasteiger partial charge in [0.15, 0.2) is 4.96 Å². The number of halogens is 1. The number of aromatic nitrogens is 2.